The number of hydrogen-bond acceptors (Lipinski definition) is 3. The summed E-state index contributed by atoms with van der Waals surface area (Å²) in [6, 6.07) is 8.42. The summed E-state index contributed by atoms with van der Waals surface area (Å²) in [6.45, 7) is 9.54. The average molecular weight is 262 g/mol. The average Bonchev–Trinajstić information content (AvgIpc) is 2.47. The maximum Gasteiger partial charge on any atom is 0.142 e. The molecule has 0 radical (unpaired) electrons. The molecule has 1 saturated heterocycles. The molecule has 1 heterocycles. The van der Waals surface area contributed by atoms with Gasteiger partial charge in [0, 0.05) is 26.2 Å². The van der Waals surface area contributed by atoms with Crippen LogP contribution < -0.4 is 15.0 Å². The van der Waals surface area contributed by atoms with E-state index in [9.17, 15) is 0 Å². The lowest BCUT2D eigenvalue weighted by atomic mass is 10.1. The van der Waals surface area contributed by atoms with Crippen molar-refractivity contribution in [3.8, 4) is 5.75 Å². The number of piperazine rings is 1. The molecule has 2 rings (SSSR count). The topological polar surface area (TPSA) is 24.5 Å². The lowest BCUT2D eigenvalue weighted by molar-refractivity contribution is 0.251. The quantitative estimate of drug-likeness (QED) is 0.853. The molecule has 0 saturated carbocycles. The van der Waals surface area contributed by atoms with Gasteiger partial charge in [-0.25, -0.2) is 0 Å². The van der Waals surface area contributed by atoms with Crippen LogP contribution in [0.4, 0.5) is 5.69 Å². The fourth-order valence-corrected chi connectivity index (χ4v) is 2.55. The van der Waals surface area contributed by atoms with Crippen LogP contribution in [0.25, 0.3) is 0 Å². The third kappa shape index (κ3) is 4.13. The fourth-order valence-electron chi connectivity index (χ4n) is 2.55. The summed E-state index contributed by atoms with van der Waals surface area (Å²) in [7, 11) is 0. The van der Waals surface area contributed by atoms with E-state index >= 15 is 0 Å². The highest BCUT2D eigenvalue weighted by Crippen LogP contribution is 2.28. The summed E-state index contributed by atoms with van der Waals surface area (Å²) in [5, 5.41) is 3.39. The Morgan fingerprint density at radius 3 is 2.74 bits per heavy atom. The van der Waals surface area contributed by atoms with Crippen LogP contribution in [0, 0.1) is 5.92 Å². The molecule has 106 valence electrons. The molecule has 1 aliphatic heterocycles. The van der Waals surface area contributed by atoms with Crippen LogP contribution in [-0.4, -0.2) is 32.8 Å². The van der Waals surface area contributed by atoms with E-state index in [2.05, 4.69) is 48.3 Å². The van der Waals surface area contributed by atoms with E-state index in [4.69, 9.17) is 4.74 Å². The standard InChI is InChI=1S/C16H26N2O/c1-3-6-14(2)13-19-16-8-5-4-7-15(16)18-11-9-17-10-12-18/h4-5,7-8,14,17H,3,6,9-13H2,1-2H3. The Morgan fingerprint density at radius 1 is 1.26 bits per heavy atom. The summed E-state index contributed by atoms with van der Waals surface area (Å²) in [4.78, 5) is 2.41. The van der Waals surface area contributed by atoms with Gasteiger partial charge in [0.1, 0.15) is 5.75 Å². The molecule has 1 aromatic carbocycles. The van der Waals surface area contributed by atoms with Crippen LogP contribution >= 0.6 is 0 Å². The molecule has 0 aliphatic carbocycles. The van der Waals surface area contributed by atoms with Crippen molar-refractivity contribution in [1.82, 2.24) is 5.32 Å². The number of ether oxygens (including phenoxy) is 1. The summed E-state index contributed by atoms with van der Waals surface area (Å²) in [5.41, 5.74) is 1.24. The Kier molecular flexibility index (Phi) is 5.52. The lowest BCUT2D eigenvalue weighted by Crippen LogP contribution is -2.43. The van der Waals surface area contributed by atoms with Crippen LogP contribution in [0.3, 0.4) is 0 Å². The third-order valence-electron chi connectivity index (χ3n) is 3.63. The molecule has 19 heavy (non-hydrogen) atoms. The molecular formula is C16H26N2O. The third-order valence-corrected chi connectivity index (χ3v) is 3.63. The number of hydrogen-bond donors (Lipinski definition) is 1. The SMILES string of the molecule is CCCC(C)COc1ccccc1N1CCNCC1. The largest absolute Gasteiger partial charge is 0.491 e. The minimum atomic E-state index is 0.626. The lowest BCUT2D eigenvalue weighted by Gasteiger charge is -2.31. The highest BCUT2D eigenvalue weighted by Gasteiger charge is 2.14. The van der Waals surface area contributed by atoms with Gasteiger partial charge in [0.05, 0.1) is 12.3 Å². The number of para-hydroxylation sites is 2. The van der Waals surface area contributed by atoms with E-state index < -0.39 is 0 Å². The van der Waals surface area contributed by atoms with Crippen molar-refractivity contribution < 1.29 is 4.74 Å². The molecule has 1 unspecified atom stereocenters. The fraction of sp³-hybridized carbons (Fsp3) is 0.625. The summed E-state index contributed by atoms with van der Waals surface area (Å²) >= 11 is 0. The van der Waals surface area contributed by atoms with E-state index in [0.717, 1.165) is 38.5 Å². The predicted molar refractivity (Wildman–Crippen MR) is 81.1 cm³/mol. The van der Waals surface area contributed by atoms with Gasteiger partial charge in [-0.3, -0.25) is 0 Å². The van der Waals surface area contributed by atoms with Gasteiger partial charge in [0.25, 0.3) is 0 Å². The van der Waals surface area contributed by atoms with Crippen LogP contribution in [0.2, 0.25) is 0 Å². The monoisotopic (exact) mass is 262 g/mol. The molecule has 0 bridgehead atoms. The van der Waals surface area contributed by atoms with Crippen molar-refractivity contribution in [2.75, 3.05) is 37.7 Å². The maximum atomic E-state index is 6.04. The smallest absolute Gasteiger partial charge is 0.142 e. The Labute approximate surface area is 116 Å². The second-order valence-electron chi connectivity index (χ2n) is 5.41. The Morgan fingerprint density at radius 2 is 2.00 bits per heavy atom. The molecular weight excluding hydrogens is 236 g/mol. The molecule has 3 nitrogen and oxygen atoms in total. The maximum absolute atomic E-state index is 6.04. The van der Waals surface area contributed by atoms with Gasteiger partial charge >= 0.3 is 0 Å². The molecule has 1 atom stereocenters. The van der Waals surface area contributed by atoms with E-state index in [1.807, 2.05) is 0 Å². The van der Waals surface area contributed by atoms with Crippen molar-refractivity contribution in [3.63, 3.8) is 0 Å². The second kappa shape index (κ2) is 7.39. The van der Waals surface area contributed by atoms with E-state index in [0.29, 0.717) is 5.92 Å². The summed E-state index contributed by atoms with van der Waals surface area (Å²) in [5.74, 6) is 1.66. The second-order valence-corrected chi connectivity index (χ2v) is 5.41. The zero-order valence-electron chi connectivity index (χ0n) is 12.2. The van der Waals surface area contributed by atoms with Gasteiger partial charge in [-0.2, -0.15) is 0 Å². The van der Waals surface area contributed by atoms with Gasteiger partial charge in [0.2, 0.25) is 0 Å². The van der Waals surface area contributed by atoms with Gasteiger partial charge in [-0.15, -0.1) is 0 Å². The van der Waals surface area contributed by atoms with Crippen molar-refractivity contribution in [3.05, 3.63) is 24.3 Å². The number of nitrogens with zero attached hydrogens (tertiary/aromatic N) is 1. The number of rotatable bonds is 6. The molecule has 0 amide bonds. The van der Waals surface area contributed by atoms with Gasteiger partial charge in [0.15, 0.2) is 0 Å². The van der Waals surface area contributed by atoms with Crippen LogP contribution in [0.1, 0.15) is 26.7 Å². The van der Waals surface area contributed by atoms with Crippen molar-refractivity contribution in [2.45, 2.75) is 26.7 Å². The zero-order valence-corrected chi connectivity index (χ0v) is 12.2. The minimum absolute atomic E-state index is 0.626. The predicted octanol–water partition coefficient (Wildman–Crippen LogP) is 2.91. The first-order valence-electron chi connectivity index (χ1n) is 7.48. The van der Waals surface area contributed by atoms with E-state index in [1.54, 1.807) is 0 Å². The van der Waals surface area contributed by atoms with Crippen molar-refractivity contribution >= 4 is 5.69 Å². The zero-order chi connectivity index (χ0) is 13.5. The van der Waals surface area contributed by atoms with Crippen molar-refractivity contribution in [2.24, 2.45) is 5.92 Å². The highest BCUT2D eigenvalue weighted by atomic mass is 16.5. The first-order chi connectivity index (χ1) is 9.31. The van der Waals surface area contributed by atoms with Crippen LogP contribution in [0.5, 0.6) is 5.75 Å². The van der Waals surface area contributed by atoms with Gasteiger partial charge < -0.3 is 15.0 Å². The Hall–Kier alpha value is -1.22. The molecule has 3 heteroatoms. The minimum Gasteiger partial charge on any atom is -0.491 e. The molecule has 1 N–H and O–H groups in total. The normalized spacial score (nSPS) is 17.3. The molecule has 1 fully saturated rings. The van der Waals surface area contributed by atoms with Crippen LogP contribution in [-0.2, 0) is 0 Å². The summed E-state index contributed by atoms with van der Waals surface area (Å²) in [6.07, 6.45) is 2.46. The highest BCUT2D eigenvalue weighted by molar-refractivity contribution is 5.58. The van der Waals surface area contributed by atoms with Gasteiger partial charge in [-0.05, 0) is 24.5 Å². The Bertz CT molecular complexity index is 375. The first-order valence-corrected chi connectivity index (χ1v) is 7.48. The Balaban J connectivity index is 1.99. The van der Waals surface area contributed by atoms with E-state index in [1.165, 1.54) is 18.5 Å². The number of nitrogens with one attached hydrogen (secondary N) is 1. The number of anilines is 1. The molecule has 1 aliphatic rings. The van der Waals surface area contributed by atoms with Gasteiger partial charge in [-0.1, -0.05) is 32.4 Å². The molecule has 0 spiro atoms. The molecule has 1 aromatic rings. The van der Waals surface area contributed by atoms with Crippen LogP contribution in [0.15, 0.2) is 24.3 Å². The molecule has 0 aromatic heterocycles. The van der Waals surface area contributed by atoms with Crippen molar-refractivity contribution in [1.29, 1.82) is 0 Å². The van der Waals surface area contributed by atoms with E-state index in [-0.39, 0.29) is 0 Å². The summed E-state index contributed by atoms with van der Waals surface area (Å²) < 4.78 is 6.04. The first kappa shape index (κ1) is 14.2. The number of benzene rings is 1.